The molecule has 1 radical (unpaired) electrons. The van der Waals surface area contributed by atoms with Crippen molar-refractivity contribution in [1.82, 2.24) is 0 Å². The van der Waals surface area contributed by atoms with Gasteiger partial charge in [0.15, 0.2) is 5.25 Å². The Morgan fingerprint density at radius 2 is 1.42 bits per heavy atom. The van der Waals surface area contributed by atoms with Gasteiger partial charge in [-0.3, -0.25) is 14.1 Å². The van der Waals surface area contributed by atoms with Gasteiger partial charge in [0, 0.05) is 29.6 Å². The first-order chi connectivity index (χ1) is 14.3. The quantitative estimate of drug-likeness (QED) is 0.127. The van der Waals surface area contributed by atoms with Crippen molar-refractivity contribution in [2.75, 3.05) is 6.61 Å². The van der Waals surface area contributed by atoms with E-state index in [0.29, 0.717) is 6.42 Å². The van der Waals surface area contributed by atoms with E-state index in [4.69, 9.17) is 9.47 Å². The van der Waals surface area contributed by atoms with Gasteiger partial charge in [0.1, 0.15) is 5.75 Å². The van der Waals surface area contributed by atoms with Crippen LogP contribution in [0.15, 0.2) is 30.3 Å². The molecule has 9 heteroatoms. The number of hydrogen-bond acceptors (Lipinski definition) is 6. The van der Waals surface area contributed by atoms with Gasteiger partial charge in [-0.15, -0.1) is 0 Å². The molecule has 1 aromatic rings. The Bertz CT molecular complexity index is 723. The summed E-state index contributed by atoms with van der Waals surface area (Å²) in [4.78, 5) is 24.0. The first-order valence-corrected chi connectivity index (χ1v) is 12.2. The summed E-state index contributed by atoms with van der Waals surface area (Å²) in [7, 11) is -4.79. The van der Waals surface area contributed by atoms with E-state index in [9.17, 15) is 22.6 Å². The van der Waals surface area contributed by atoms with E-state index in [-0.39, 0.29) is 41.9 Å². The van der Waals surface area contributed by atoms with E-state index in [1.54, 1.807) is 18.2 Å². The van der Waals surface area contributed by atoms with Crippen LogP contribution in [0.2, 0.25) is 0 Å². The van der Waals surface area contributed by atoms with Crippen molar-refractivity contribution in [1.29, 1.82) is 0 Å². The zero-order chi connectivity index (χ0) is 22.2. The Morgan fingerprint density at radius 1 is 0.903 bits per heavy atom. The Hall–Kier alpha value is -0.930. The molecule has 0 heterocycles. The van der Waals surface area contributed by atoms with Crippen LogP contribution in [0.5, 0.6) is 5.75 Å². The van der Waals surface area contributed by atoms with Crippen LogP contribution in [0.3, 0.4) is 0 Å². The summed E-state index contributed by atoms with van der Waals surface area (Å²) in [5, 5.41) is -1.99. The van der Waals surface area contributed by atoms with Crippen molar-refractivity contribution < 1.29 is 32.0 Å². The number of unbranched alkanes of at least 4 members (excludes halogenated alkanes) is 9. The van der Waals surface area contributed by atoms with Crippen molar-refractivity contribution in [2.45, 2.75) is 82.8 Å². The molecule has 1 aromatic carbocycles. The minimum absolute atomic E-state index is 0. The third-order valence-electron chi connectivity index (χ3n) is 4.69. The maximum Gasteiger partial charge on any atom is 0.327 e. The van der Waals surface area contributed by atoms with Crippen LogP contribution in [0.4, 0.5) is 0 Å². The van der Waals surface area contributed by atoms with Gasteiger partial charge in [0.2, 0.25) is 0 Å². The van der Waals surface area contributed by atoms with E-state index in [0.717, 1.165) is 19.3 Å². The Labute approximate surface area is 208 Å². The Kier molecular flexibility index (Phi) is 17.1. The van der Waals surface area contributed by atoms with Crippen molar-refractivity contribution in [2.24, 2.45) is 0 Å². The van der Waals surface area contributed by atoms with Gasteiger partial charge in [-0.25, -0.2) is 0 Å². The normalized spacial score (nSPS) is 11.9. The molecule has 31 heavy (non-hydrogen) atoms. The van der Waals surface area contributed by atoms with Gasteiger partial charge in [0.25, 0.3) is 10.1 Å². The SMILES string of the molecule is CCCCCCCCCCCCOC(=O)C(CC(=O)Oc1ccccc1)S(=O)(=O)O.[Na]. The number of carbonyl (C=O) groups is 2. The average Bonchev–Trinajstić information content (AvgIpc) is 2.70. The smallest absolute Gasteiger partial charge is 0.327 e. The third-order valence-corrected chi connectivity index (χ3v) is 5.77. The summed E-state index contributed by atoms with van der Waals surface area (Å²) in [5.41, 5.74) is 0. The Morgan fingerprint density at radius 3 is 1.94 bits per heavy atom. The molecule has 1 atom stereocenters. The topological polar surface area (TPSA) is 107 Å². The molecule has 1 rings (SSSR count). The van der Waals surface area contributed by atoms with E-state index >= 15 is 0 Å². The zero-order valence-electron chi connectivity index (χ0n) is 18.8. The van der Waals surface area contributed by atoms with Gasteiger partial charge in [-0.05, 0) is 18.6 Å². The number of hydrogen-bond donors (Lipinski definition) is 1. The molecule has 1 N–H and O–H groups in total. The van der Waals surface area contributed by atoms with Crippen LogP contribution < -0.4 is 4.74 Å². The summed E-state index contributed by atoms with van der Waals surface area (Å²) in [5.74, 6) is -1.87. The fraction of sp³-hybridized carbons (Fsp3) is 0.636. The molecule has 0 spiro atoms. The molecular formula is C22H34NaO7S. The summed E-state index contributed by atoms with van der Waals surface area (Å²) >= 11 is 0. The molecule has 0 bridgehead atoms. The monoisotopic (exact) mass is 465 g/mol. The summed E-state index contributed by atoms with van der Waals surface area (Å²) in [6.45, 7) is 2.25. The maximum atomic E-state index is 12.1. The fourth-order valence-corrected chi connectivity index (χ4v) is 3.64. The second-order valence-electron chi connectivity index (χ2n) is 7.34. The molecule has 0 amide bonds. The molecule has 171 valence electrons. The van der Waals surface area contributed by atoms with Crippen molar-refractivity contribution in [3.05, 3.63) is 30.3 Å². The van der Waals surface area contributed by atoms with Crippen LogP contribution in [0.1, 0.15) is 77.6 Å². The van der Waals surface area contributed by atoms with Crippen LogP contribution in [0, 0.1) is 0 Å². The number of para-hydroxylation sites is 1. The van der Waals surface area contributed by atoms with Crippen LogP contribution in [-0.4, -0.2) is 66.3 Å². The zero-order valence-corrected chi connectivity index (χ0v) is 21.6. The van der Waals surface area contributed by atoms with E-state index in [1.807, 2.05) is 0 Å². The van der Waals surface area contributed by atoms with Crippen LogP contribution in [0.25, 0.3) is 0 Å². The van der Waals surface area contributed by atoms with Gasteiger partial charge in [-0.1, -0.05) is 82.9 Å². The summed E-state index contributed by atoms with van der Waals surface area (Å²) in [6, 6.07) is 8.05. The van der Waals surface area contributed by atoms with E-state index in [2.05, 4.69) is 6.92 Å². The second-order valence-corrected chi connectivity index (χ2v) is 8.94. The molecule has 0 saturated carbocycles. The molecule has 0 fully saturated rings. The van der Waals surface area contributed by atoms with Crippen molar-refractivity contribution >= 4 is 51.6 Å². The van der Waals surface area contributed by atoms with E-state index in [1.165, 1.54) is 50.7 Å². The van der Waals surface area contributed by atoms with E-state index < -0.39 is 33.7 Å². The minimum atomic E-state index is -4.79. The standard InChI is InChI=1S/C22H34O7S.Na/c1-2-3-4-5-6-7-8-9-10-14-17-28-22(24)20(30(25,26)27)18-21(23)29-19-15-12-11-13-16-19;/h11-13,15-16,20H,2-10,14,17-18H2,1H3,(H,25,26,27);. The second kappa shape index (κ2) is 17.6. The largest absolute Gasteiger partial charge is 0.465 e. The predicted octanol–water partition coefficient (Wildman–Crippen LogP) is 4.32. The van der Waals surface area contributed by atoms with Gasteiger partial charge in [0.05, 0.1) is 13.0 Å². The average molecular weight is 466 g/mol. The van der Waals surface area contributed by atoms with Crippen LogP contribution in [-0.2, 0) is 24.4 Å². The molecule has 0 aromatic heterocycles. The molecule has 0 aliphatic rings. The molecular weight excluding hydrogens is 431 g/mol. The van der Waals surface area contributed by atoms with Crippen molar-refractivity contribution in [3.8, 4) is 5.75 Å². The molecule has 0 aliphatic heterocycles. The van der Waals surface area contributed by atoms with Crippen LogP contribution >= 0.6 is 0 Å². The van der Waals surface area contributed by atoms with Crippen molar-refractivity contribution in [3.63, 3.8) is 0 Å². The minimum Gasteiger partial charge on any atom is -0.465 e. The number of rotatable bonds is 16. The van der Waals surface area contributed by atoms with Gasteiger partial charge in [-0.2, -0.15) is 8.42 Å². The number of benzene rings is 1. The number of esters is 2. The van der Waals surface area contributed by atoms with Gasteiger partial charge < -0.3 is 9.47 Å². The molecule has 0 saturated heterocycles. The maximum absolute atomic E-state index is 12.1. The summed E-state index contributed by atoms with van der Waals surface area (Å²) < 4.78 is 42.3. The van der Waals surface area contributed by atoms with Gasteiger partial charge >= 0.3 is 11.9 Å². The molecule has 0 aliphatic carbocycles. The number of ether oxygens (including phenoxy) is 2. The molecule has 1 unspecified atom stereocenters. The first kappa shape index (κ1) is 30.1. The number of carbonyl (C=O) groups excluding carboxylic acids is 2. The summed E-state index contributed by atoms with van der Waals surface area (Å²) in [6.07, 6.45) is 10.3. The predicted molar refractivity (Wildman–Crippen MR) is 121 cm³/mol. The Balaban J connectivity index is 0.00000900. The third kappa shape index (κ3) is 14.7. The first-order valence-electron chi connectivity index (χ1n) is 10.7. The molecule has 7 nitrogen and oxygen atoms in total. The fourth-order valence-electron chi connectivity index (χ4n) is 2.98.